The van der Waals surface area contributed by atoms with Crippen molar-refractivity contribution in [3.63, 3.8) is 0 Å². The molecule has 1 aromatic carbocycles. The SMILES string of the molecule is CCc1c(C)nc2ccccc2c1NCc1nc(C(F)(F)F)n[nH]1. The third kappa shape index (κ3) is 3.04. The summed E-state index contributed by atoms with van der Waals surface area (Å²) in [5.41, 5.74) is 3.63. The Labute approximate surface area is 136 Å². The number of fused-ring (bicyclic) bond motifs is 1. The average molecular weight is 335 g/mol. The zero-order valence-corrected chi connectivity index (χ0v) is 13.2. The standard InChI is InChI=1S/C16H16F3N5/c1-3-10-9(2)21-12-7-5-4-6-11(12)14(10)20-8-13-22-15(24-23-13)16(17,18)19/h4-7H,3,8H2,1-2H3,(H,20,21)(H,22,23,24). The smallest absolute Gasteiger partial charge is 0.377 e. The second-order valence-corrected chi connectivity index (χ2v) is 5.38. The number of para-hydroxylation sites is 1. The van der Waals surface area contributed by atoms with Crippen LogP contribution in [0.3, 0.4) is 0 Å². The first kappa shape index (κ1) is 16.2. The lowest BCUT2D eigenvalue weighted by Gasteiger charge is -2.15. The lowest BCUT2D eigenvalue weighted by Crippen LogP contribution is -2.09. The predicted molar refractivity (Wildman–Crippen MR) is 84.6 cm³/mol. The van der Waals surface area contributed by atoms with Gasteiger partial charge in [-0.2, -0.15) is 13.2 Å². The number of aromatic amines is 1. The van der Waals surface area contributed by atoms with E-state index >= 15 is 0 Å². The van der Waals surface area contributed by atoms with Crippen LogP contribution in [0.15, 0.2) is 24.3 Å². The highest BCUT2D eigenvalue weighted by molar-refractivity contribution is 5.93. The fourth-order valence-corrected chi connectivity index (χ4v) is 2.68. The Morgan fingerprint density at radius 1 is 1.17 bits per heavy atom. The van der Waals surface area contributed by atoms with Crippen LogP contribution in [0.1, 0.15) is 29.8 Å². The van der Waals surface area contributed by atoms with Gasteiger partial charge in [0, 0.05) is 16.8 Å². The normalized spacial score (nSPS) is 11.9. The molecule has 0 fully saturated rings. The fourth-order valence-electron chi connectivity index (χ4n) is 2.68. The van der Waals surface area contributed by atoms with Crippen molar-refractivity contribution in [3.05, 3.63) is 47.2 Å². The molecule has 0 atom stereocenters. The number of hydrogen-bond donors (Lipinski definition) is 2. The number of nitrogens with one attached hydrogen (secondary N) is 2. The first-order valence-electron chi connectivity index (χ1n) is 7.50. The number of aromatic nitrogens is 4. The summed E-state index contributed by atoms with van der Waals surface area (Å²) in [7, 11) is 0. The maximum Gasteiger partial charge on any atom is 0.453 e. The molecule has 2 heterocycles. The van der Waals surface area contributed by atoms with E-state index in [0.717, 1.165) is 34.3 Å². The minimum Gasteiger partial charge on any atom is -0.377 e. The molecule has 0 saturated carbocycles. The van der Waals surface area contributed by atoms with Gasteiger partial charge >= 0.3 is 6.18 Å². The summed E-state index contributed by atoms with van der Waals surface area (Å²) in [5.74, 6) is -1.03. The lowest BCUT2D eigenvalue weighted by molar-refractivity contribution is -0.144. The zero-order valence-electron chi connectivity index (χ0n) is 13.2. The average Bonchev–Trinajstić information content (AvgIpc) is 3.01. The van der Waals surface area contributed by atoms with Crippen molar-refractivity contribution < 1.29 is 13.2 Å². The van der Waals surface area contributed by atoms with Gasteiger partial charge < -0.3 is 5.32 Å². The first-order chi connectivity index (χ1) is 11.4. The minimum absolute atomic E-state index is 0.115. The Bertz CT molecular complexity index is 870. The molecular formula is C16H16F3N5. The first-order valence-corrected chi connectivity index (χ1v) is 7.50. The summed E-state index contributed by atoms with van der Waals surface area (Å²) in [4.78, 5) is 8.06. The molecule has 0 saturated heterocycles. The van der Waals surface area contributed by atoms with Crippen LogP contribution >= 0.6 is 0 Å². The van der Waals surface area contributed by atoms with Crippen LogP contribution in [0, 0.1) is 6.92 Å². The van der Waals surface area contributed by atoms with Gasteiger partial charge in [-0.15, -0.1) is 5.10 Å². The van der Waals surface area contributed by atoms with Crippen molar-refractivity contribution in [2.75, 3.05) is 5.32 Å². The molecule has 0 unspecified atom stereocenters. The number of rotatable bonds is 4. The van der Waals surface area contributed by atoms with Crippen molar-refractivity contribution in [2.45, 2.75) is 33.0 Å². The molecule has 0 aliphatic rings. The highest BCUT2D eigenvalue weighted by Gasteiger charge is 2.35. The van der Waals surface area contributed by atoms with E-state index in [1.54, 1.807) is 0 Å². The molecule has 0 amide bonds. The van der Waals surface area contributed by atoms with Crippen molar-refractivity contribution >= 4 is 16.6 Å². The summed E-state index contributed by atoms with van der Waals surface area (Å²) >= 11 is 0. The van der Waals surface area contributed by atoms with Crippen molar-refractivity contribution in [1.29, 1.82) is 0 Å². The maximum absolute atomic E-state index is 12.6. The zero-order chi connectivity index (χ0) is 17.3. The molecule has 0 bridgehead atoms. The van der Waals surface area contributed by atoms with E-state index < -0.39 is 12.0 Å². The maximum atomic E-state index is 12.6. The number of benzene rings is 1. The van der Waals surface area contributed by atoms with Gasteiger partial charge in [-0.05, 0) is 25.0 Å². The molecule has 0 aliphatic carbocycles. The molecule has 3 aromatic rings. The number of aryl methyl sites for hydroxylation is 1. The molecule has 8 heteroatoms. The van der Waals surface area contributed by atoms with Crippen LogP contribution in [-0.2, 0) is 19.1 Å². The summed E-state index contributed by atoms with van der Waals surface area (Å²) < 4.78 is 37.7. The van der Waals surface area contributed by atoms with Crippen LogP contribution < -0.4 is 5.32 Å². The summed E-state index contributed by atoms with van der Waals surface area (Å²) in [6, 6.07) is 7.64. The third-order valence-corrected chi connectivity index (χ3v) is 3.77. The Morgan fingerprint density at radius 3 is 2.58 bits per heavy atom. The highest BCUT2D eigenvalue weighted by Crippen LogP contribution is 2.29. The predicted octanol–water partition coefficient (Wildman–Crippen LogP) is 3.85. The molecule has 0 spiro atoms. The van der Waals surface area contributed by atoms with E-state index in [-0.39, 0.29) is 12.4 Å². The summed E-state index contributed by atoms with van der Waals surface area (Å²) in [5, 5.41) is 9.65. The van der Waals surface area contributed by atoms with E-state index in [1.807, 2.05) is 38.1 Å². The Hall–Kier alpha value is -2.64. The van der Waals surface area contributed by atoms with Crippen molar-refractivity contribution in [2.24, 2.45) is 0 Å². The molecule has 0 aliphatic heterocycles. The van der Waals surface area contributed by atoms with Gasteiger partial charge in [0.15, 0.2) is 0 Å². The number of H-pyrrole nitrogens is 1. The van der Waals surface area contributed by atoms with Gasteiger partial charge in [0.25, 0.3) is 5.82 Å². The molecule has 2 aromatic heterocycles. The molecular weight excluding hydrogens is 319 g/mol. The van der Waals surface area contributed by atoms with E-state index in [1.165, 1.54) is 0 Å². The monoisotopic (exact) mass is 335 g/mol. The van der Waals surface area contributed by atoms with Crippen molar-refractivity contribution in [3.8, 4) is 0 Å². The Kier molecular flexibility index (Phi) is 4.13. The molecule has 2 N–H and O–H groups in total. The van der Waals surface area contributed by atoms with Crippen LogP contribution in [0.2, 0.25) is 0 Å². The van der Waals surface area contributed by atoms with E-state index in [2.05, 4.69) is 25.5 Å². The molecule has 3 rings (SSSR count). The van der Waals surface area contributed by atoms with Crippen LogP contribution in [-0.4, -0.2) is 20.2 Å². The number of halogens is 3. The largest absolute Gasteiger partial charge is 0.453 e. The van der Waals surface area contributed by atoms with E-state index in [0.29, 0.717) is 0 Å². The number of nitrogens with zero attached hydrogens (tertiary/aromatic N) is 3. The van der Waals surface area contributed by atoms with Gasteiger partial charge in [0.05, 0.1) is 12.1 Å². The third-order valence-electron chi connectivity index (χ3n) is 3.77. The molecule has 126 valence electrons. The fraction of sp³-hybridized carbons (Fsp3) is 0.312. The topological polar surface area (TPSA) is 66.5 Å². The van der Waals surface area contributed by atoms with Crippen LogP contribution in [0.5, 0.6) is 0 Å². The van der Waals surface area contributed by atoms with Gasteiger partial charge in [0.2, 0.25) is 0 Å². The number of anilines is 1. The Balaban J connectivity index is 1.93. The molecule has 0 radical (unpaired) electrons. The Morgan fingerprint density at radius 2 is 1.92 bits per heavy atom. The number of hydrogen-bond acceptors (Lipinski definition) is 4. The summed E-state index contributed by atoms with van der Waals surface area (Å²) in [6.45, 7) is 4.05. The van der Waals surface area contributed by atoms with Gasteiger partial charge in [-0.25, -0.2) is 4.98 Å². The molecule has 5 nitrogen and oxygen atoms in total. The quantitative estimate of drug-likeness (QED) is 0.760. The van der Waals surface area contributed by atoms with Gasteiger partial charge in [-0.1, -0.05) is 25.1 Å². The second kappa shape index (κ2) is 6.10. The summed E-state index contributed by atoms with van der Waals surface area (Å²) in [6.07, 6.45) is -3.79. The lowest BCUT2D eigenvalue weighted by atomic mass is 10.0. The van der Waals surface area contributed by atoms with Crippen molar-refractivity contribution in [1.82, 2.24) is 20.2 Å². The van der Waals surface area contributed by atoms with Crippen LogP contribution in [0.4, 0.5) is 18.9 Å². The van der Waals surface area contributed by atoms with Crippen LogP contribution in [0.25, 0.3) is 10.9 Å². The number of pyridine rings is 1. The van der Waals surface area contributed by atoms with E-state index in [4.69, 9.17) is 0 Å². The van der Waals surface area contributed by atoms with Gasteiger partial charge in [0.1, 0.15) is 5.82 Å². The van der Waals surface area contributed by atoms with E-state index in [9.17, 15) is 13.2 Å². The highest BCUT2D eigenvalue weighted by atomic mass is 19.4. The molecule has 24 heavy (non-hydrogen) atoms. The second-order valence-electron chi connectivity index (χ2n) is 5.38. The van der Waals surface area contributed by atoms with Gasteiger partial charge in [-0.3, -0.25) is 10.1 Å². The minimum atomic E-state index is -4.55. The number of alkyl halides is 3.